The largest absolute Gasteiger partial charge is 0.378 e. The highest BCUT2D eigenvalue weighted by molar-refractivity contribution is 5.92. The van der Waals surface area contributed by atoms with Gasteiger partial charge in [0.1, 0.15) is 5.76 Å². The molecule has 2 atom stereocenters. The molecule has 5 heteroatoms. The molecule has 1 amide bonds. The topological polar surface area (TPSA) is 64.4 Å². The van der Waals surface area contributed by atoms with Gasteiger partial charge in [-0.3, -0.25) is 4.79 Å². The summed E-state index contributed by atoms with van der Waals surface area (Å²) in [6.45, 7) is 2.79. The zero-order valence-corrected chi connectivity index (χ0v) is 12.4. The number of hydrogen-bond acceptors (Lipinski definition) is 4. The van der Waals surface area contributed by atoms with E-state index in [0.29, 0.717) is 17.7 Å². The van der Waals surface area contributed by atoms with Gasteiger partial charge < -0.3 is 14.6 Å². The number of carbonyl (C=O) groups is 1. The SMILES string of the molecule is CCO[C@@H]1C[C@@H](NC(=O)c2cc(C3CC3)on2)C12CCC2. The minimum absolute atomic E-state index is 0.100. The molecule has 0 bridgehead atoms. The maximum Gasteiger partial charge on any atom is 0.273 e. The van der Waals surface area contributed by atoms with E-state index in [9.17, 15) is 4.79 Å². The number of nitrogens with one attached hydrogen (secondary N) is 1. The highest BCUT2D eigenvalue weighted by atomic mass is 16.5. The lowest BCUT2D eigenvalue weighted by atomic mass is 9.51. The maximum atomic E-state index is 12.3. The fraction of sp³-hybridized carbons (Fsp3) is 0.750. The number of amides is 1. The first-order valence-corrected chi connectivity index (χ1v) is 8.12. The van der Waals surface area contributed by atoms with E-state index < -0.39 is 0 Å². The normalized spacial score (nSPS) is 29.8. The van der Waals surface area contributed by atoms with Gasteiger partial charge in [0, 0.05) is 30.0 Å². The minimum Gasteiger partial charge on any atom is -0.378 e. The number of ether oxygens (including phenoxy) is 1. The Morgan fingerprint density at radius 1 is 1.52 bits per heavy atom. The van der Waals surface area contributed by atoms with Crippen molar-refractivity contribution in [1.29, 1.82) is 0 Å². The van der Waals surface area contributed by atoms with Crippen molar-refractivity contribution in [2.45, 2.75) is 63.5 Å². The van der Waals surface area contributed by atoms with Crippen molar-refractivity contribution in [2.24, 2.45) is 5.41 Å². The molecule has 1 aromatic heterocycles. The van der Waals surface area contributed by atoms with Crippen LogP contribution in [-0.4, -0.2) is 29.8 Å². The van der Waals surface area contributed by atoms with Crippen LogP contribution >= 0.6 is 0 Å². The zero-order valence-electron chi connectivity index (χ0n) is 12.4. The average Bonchev–Trinajstić information content (AvgIpc) is 3.13. The van der Waals surface area contributed by atoms with Crippen LogP contribution in [-0.2, 0) is 4.74 Å². The predicted octanol–water partition coefficient (Wildman–Crippen LogP) is 2.63. The summed E-state index contributed by atoms with van der Waals surface area (Å²) in [7, 11) is 0. The Bertz CT molecular complexity index is 545. The molecule has 1 N–H and O–H groups in total. The Labute approximate surface area is 124 Å². The van der Waals surface area contributed by atoms with E-state index in [4.69, 9.17) is 9.26 Å². The van der Waals surface area contributed by atoms with Gasteiger partial charge in [-0.25, -0.2) is 0 Å². The summed E-state index contributed by atoms with van der Waals surface area (Å²) in [5, 5.41) is 7.06. The fourth-order valence-corrected chi connectivity index (χ4v) is 3.83. The van der Waals surface area contributed by atoms with Crippen LogP contribution in [0.25, 0.3) is 0 Å². The van der Waals surface area contributed by atoms with E-state index >= 15 is 0 Å². The average molecular weight is 290 g/mol. The van der Waals surface area contributed by atoms with Crippen LogP contribution in [0.3, 0.4) is 0 Å². The lowest BCUT2D eigenvalue weighted by Gasteiger charge is -2.60. The maximum absolute atomic E-state index is 12.3. The summed E-state index contributed by atoms with van der Waals surface area (Å²) in [6, 6.07) is 2.04. The molecule has 0 unspecified atom stereocenters. The summed E-state index contributed by atoms with van der Waals surface area (Å²) < 4.78 is 11.1. The van der Waals surface area contributed by atoms with Crippen LogP contribution in [0.2, 0.25) is 0 Å². The molecule has 114 valence electrons. The van der Waals surface area contributed by atoms with Gasteiger partial charge in [-0.05, 0) is 39.0 Å². The molecule has 21 heavy (non-hydrogen) atoms. The van der Waals surface area contributed by atoms with E-state index in [-0.39, 0.29) is 17.4 Å². The summed E-state index contributed by atoms with van der Waals surface area (Å²) in [5.41, 5.74) is 0.612. The van der Waals surface area contributed by atoms with Crippen molar-refractivity contribution in [2.75, 3.05) is 6.61 Å². The van der Waals surface area contributed by atoms with Crippen molar-refractivity contribution in [3.05, 3.63) is 17.5 Å². The van der Waals surface area contributed by atoms with Crippen LogP contribution in [0.15, 0.2) is 10.6 Å². The molecule has 4 rings (SSSR count). The van der Waals surface area contributed by atoms with E-state index in [1.54, 1.807) is 6.07 Å². The summed E-state index contributed by atoms with van der Waals surface area (Å²) in [4.78, 5) is 12.3. The Kier molecular flexibility index (Phi) is 3.06. The molecule has 3 aliphatic rings. The number of rotatable bonds is 5. The highest BCUT2D eigenvalue weighted by Crippen LogP contribution is 2.57. The smallest absolute Gasteiger partial charge is 0.273 e. The van der Waals surface area contributed by atoms with Crippen molar-refractivity contribution in [3.63, 3.8) is 0 Å². The van der Waals surface area contributed by atoms with Gasteiger partial charge >= 0.3 is 0 Å². The summed E-state index contributed by atoms with van der Waals surface area (Å²) in [6.07, 6.45) is 7.11. The zero-order chi connectivity index (χ0) is 14.4. The lowest BCUT2D eigenvalue weighted by Crippen LogP contribution is -2.67. The quantitative estimate of drug-likeness (QED) is 0.905. The molecule has 0 aromatic carbocycles. The van der Waals surface area contributed by atoms with Crippen LogP contribution in [0.4, 0.5) is 0 Å². The second-order valence-corrected chi connectivity index (χ2v) is 6.68. The van der Waals surface area contributed by atoms with Crippen molar-refractivity contribution in [3.8, 4) is 0 Å². The van der Waals surface area contributed by atoms with E-state index in [2.05, 4.69) is 10.5 Å². The molecule has 5 nitrogen and oxygen atoms in total. The van der Waals surface area contributed by atoms with Gasteiger partial charge in [-0.15, -0.1) is 0 Å². The van der Waals surface area contributed by atoms with Crippen molar-refractivity contribution in [1.82, 2.24) is 10.5 Å². The molecule has 0 radical (unpaired) electrons. The third kappa shape index (κ3) is 2.09. The Balaban J connectivity index is 1.40. The lowest BCUT2D eigenvalue weighted by molar-refractivity contribution is -0.169. The number of aromatic nitrogens is 1. The first-order chi connectivity index (χ1) is 10.2. The predicted molar refractivity (Wildman–Crippen MR) is 76.0 cm³/mol. The van der Waals surface area contributed by atoms with Gasteiger partial charge in [-0.1, -0.05) is 11.6 Å². The Morgan fingerprint density at radius 3 is 2.95 bits per heavy atom. The standard InChI is InChI=1S/C16H22N2O3/c1-2-20-14-9-13(16(14)6-3-7-16)17-15(19)11-8-12(21-18-11)10-4-5-10/h8,10,13-14H,2-7,9H2,1H3,(H,17,19)/t13-,14-/m1/s1. The van der Waals surface area contributed by atoms with Gasteiger partial charge in [0.25, 0.3) is 5.91 Å². The third-order valence-electron chi connectivity index (χ3n) is 5.48. The monoisotopic (exact) mass is 290 g/mol. The molecule has 0 saturated heterocycles. The van der Waals surface area contributed by atoms with Gasteiger partial charge in [-0.2, -0.15) is 0 Å². The second-order valence-electron chi connectivity index (χ2n) is 6.68. The molecule has 3 aliphatic carbocycles. The highest BCUT2D eigenvalue weighted by Gasteiger charge is 2.59. The summed E-state index contributed by atoms with van der Waals surface area (Å²) >= 11 is 0. The summed E-state index contributed by atoms with van der Waals surface area (Å²) in [5.74, 6) is 1.25. The number of hydrogen-bond donors (Lipinski definition) is 1. The number of nitrogens with zero attached hydrogens (tertiary/aromatic N) is 1. The van der Waals surface area contributed by atoms with Crippen molar-refractivity contribution < 1.29 is 14.1 Å². The Hall–Kier alpha value is -1.36. The van der Waals surface area contributed by atoms with Gasteiger partial charge in [0.2, 0.25) is 0 Å². The third-order valence-corrected chi connectivity index (χ3v) is 5.48. The van der Waals surface area contributed by atoms with Crippen LogP contribution < -0.4 is 5.32 Å². The number of carbonyl (C=O) groups excluding carboxylic acids is 1. The van der Waals surface area contributed by atoms with Crippen LogP contribution in [0.5, 0.6) is 0 Å². The first kappa shape index (κ1) is 13.3. The molecular weight excluding hydrogens is 268 g/mol. The molecule has 1 heterocycles. The Morgan fingerprint density at radius 2 is 2.33 bits per heavy atom. The second kappa shape index (κ2) is 4.83. The van der Waals surface area contributed by atoms with E-state index in [0.717, 1.165) is 44.5 Å². The first-order valence-electron chi connectivity index (χ1n) is 8.12. The molecule has 3 fully saturated rings. The van der Waals surface area contributed by atoms with Gasteiger partial charge in [0.05, 0.1) is 6.10 Å². The fourth-order valence-electron chi connectivity index (χ4n) is 3.83. The van der Waals surface area contributed by atoms with Crippen LogP contribution in [0.1, 0.15) is 67.6 Å². The van der Waals surface area contributed by atoms with Gasteiger partial charge in [0.15, 0.2) is 5.69 Å². The van der Waals surface area contributed by atoms with E-state index in [1.807, 2.05) is 6.92 Å². The molecule has 0 aliphatic heterocycles. The molecule has 3 saturated carbocycles. The molecule has 1 spiro atoms. The minimum atomic E-state index is -0.100. The van der Waals surface area contributed by atoms with E-state index in [1.165, 1.54) is 6.42 Å². The molecule has 1 aromatic rings. The van der Waals surface area contributed by atoms with Crippen LogP contribution in [0, 0.1) is 5.41 Å². The van der Waals surface area contributed by atoms with Crippen molar-refractivity contribution >= 4 is 5.91 Å². The molecular formula is C16H22N2O3.